The first-order valence-electron chi connectivity index (χ1n) is 4.47. The SMILES string of the molecule is Cc1nc2c(s1)CCC[C@@H]2CN. The molecule has 2 rings (SSSR count). The average Bonchev–Trinajstić information content (AvgIpc) is 2.44. The molecule has 0 radical (unpaired) electrons. The Morgan fingerprint density at radius 3 is 3.25 bits per heavy atom. The van der Waals surface area contributed by atoms with Crippen molar-refractivity contribution in [3.05, 3.63) is 15.6 Å². The van der Waals surface area contributed by atoms with Crippen molar-refractivity contribution in [3.63, 3.8) is 0 Å². The predicted octanol–water partition coefficient (Wildman–Crippen LogP) is 1.83. The summed E-state index contributed by atoms with van der Waals surface area (Å²) in [4.78, 5) is 6.02. The highest BCUT2D eigenvalue weighted by Crippen LogP contribution is 2.33. The summed E-state index contributed by atoms with van der Waals surface area (Å²) in [5.41, 5.74) is 6.99. The van der Waals surface area contributed by atoms with Crippen LogP contribution in [0.15, 0.2) is 0 Å². The molecule has 1 aliphatic carbocycles. The normalized spacial score (nSPS) is 22.3. The van der Waals surface area contributed by atoms with E-state index in [2.05, 4.69) is 11.9 Å². The van der Waals surface area contributed by atoms with Gasteiger partial charge in [0, 0.05) is 17.3 Å². The molecule has 0 saturated heterocycles. The predicted molar refractivity (Wildman–Crippen MR) is 51.6 cm³/mol. The van der Waals surface area contributed by atoms with Gasteiger partial charge < -0.3 is 5.73 Å². The fourth-order valence-corrected chi connectivity index (χ4v) is 2.92. The fourth-order valence-electron chi connectivity index (χ4n) is 1.86. The number of hydrogen-bond acceptors (Lipinski definition) is 3. The lowest BCUT2D eigenvalue weighted by Gasteiger charge is -2.18. The van der Waals surface area contributed by atoms with Gasteiger partial charge in [0.05, 0.1) is 10.7 Å². The quantitative estimate of drug-likeness (QED) is 0.719. The molecule has 0 fully saturated rings. The van der Waals surface area contributed by atoms with Crippen molar-refractivity contribution in [2.45, 2.75) is 32.1 Å². The van der Waals surface area contributed by atoms with Gasteiger partial charge in [0.15, 0.2) is 0 Å². The zero-order valence-corrected chi connectivity index (χ0v) is 8.16. The number of fused-ring (bicyclic) bond motifs is 1. The minimum absolute atomic E-state index is 0.540. The molecule has 3 heteroatoms. The Labute approximate surface area is 76.8 Å². The summed E-state index contributed by atoms with van der Waals surface area (Å²) in [6, 6.07) is 0. The fraction of sp³-hybridized carbons (Fsp3) is 0.667. The Balaban J connectivity index is 2.36. The second kappa shape index (κ2) is 3.15. The molecule has 1 aromatic heterocycles. The number of aryl methyl sites for hydroxylation is 2. The summed E-state index contributed by atoms with van der Waals surface area (Å²) in [5.74, 6) is 0.540. The standard InChI is InChI=1S/C9H14N2S/c1-6-11-9-7(5-10)3-2-4-8(9)12-6/h7H,2-5,10H2,1H3/t7-/m1/s1. The van der Waals surface area contributed by atoms with Crippen molar-refractivity contribution >= 4 is 11.3 Å². The zero-order valence-electron chi connectivity index (χ0n) is 7.34. The Kier molecular flexibility index (Phi) is 2.15. The second-order valence-corrected chi connectivity index (χ2v) is 4.65. The van der Waals surface area contributed by atoms with Crippen LogP contribution in [-0.4, -0.2) is 11.5 Å². The van der Waals surface area contributed by atoms with Crippen molar-refractivity contribution in [1.82, 2.24) is 4.98 Å². The van der Waals surface area contributed by atoms with E-state index in [1.807, 2.05) is 11.3 Å². The van der Waals surface area contributed by atoms with Gasteiger partial charge in [-0.25, -0.2) is 4.98 Å². The number of nitrogens with two attached hydrogens (primary N) is 1. The topological polar surface area (TPSA) is 38.9 Å². The molecule has 0 aromatic carbocycles. The summed E-state index contributed by atoms with van der Waals surface area (Å²) < 4.78 is 0. The molecule has 1 aliphatic rings. The van der Waals surface area contributed by atoms with Gasteiger partial charge in [-0.1, -0.05) is 0 Å². The molecular formula is C9H14N2S. The van der Waals surface area contributed by atoms with Gasteiger partial charge in [0.25, 0.3) is 0 Å². The smallest absolute Gasteiger partial charge is 0.0900 e. The van der Waals surface area contributed by atoms with E-state index in [-0.39, 0.29) is 0 Å². The Morgan fingerprint density at radius 1 is 1.67 bits per heavy atom. The van der Waals surface area contributed by atoms with Crippen LogP contribution >= 0.6 is 11.3 Å². The van der Waals surface area contributed by atoms with Gasteiger partial charge in [0.2, 0.25) is 0 Å². The molecule has 0 spiro atoms. The summed E-state index contributed by atoms with van der Waals surface area (Å²) in [7, 11) is 0. The summed E-state index contributed by atoms with van der Waals surface area (Å²) in [6.45, 7) is 2.84. The Morgan fingerprint density at radius 2 is 2.50 bits per heavy atom. The minimum atomic E-state index is 0.540. The second-order valence-electron chi connectivity index (χ2n) is 3.37. The third kappa shape index (κ3) is 1.27. The van der Waals surface area contributed by atoms with Crippen molar-refractivity contribution in [3.8, 4) is 0 Å². The lowest BCUT2D eigenvalue weighted by atomic mass is 9.91. The summed E-state index contributed by atoms with van der Waals surface area (Å²) in [6.07, 6.45) is 3.74. The van der Waals surface area contributed by atoms with Gasteiger partial charge in [-0.05, 0) is 26.2 Å². The van der Waals surface area contributed by atoms with E-state index in [1.165, 1.54) is 34.8 Å². The van der Waals surface area contributed by atoms with Crippen LogP contribution in [-0.2, 0) is 6.42 Å². The van der Waals surface area contributed by atoms with Crippen LogP contribution in [0, 0.1) is 6.92 Å². The van der Waals surface area contributed by atoms with Crippen LogP contribution in [0.4, 0.5) is 0 Å². The monoisotopic (exact) mass is 182 g/mol. The van der Waals surface area contributed by atoms with Gasteiger partial charge in [-0.3, -0.25) is 0 Å². The molecule has 2 nitrogen and oxygen atoms in total. The molecule has 2 N–H and O–H groups in total. The van der Waals surface area contributed by atoms with Gasteiger partial charge in [-0.15, -0.1) is 11.3 Å². The van der Waals surface area contributed by atoms with E-state index in [4.69, 9.17) is 5.73 Å². The average molecular weight is 182 g/mol. The first-order chi connectivity index (χ1) is 5.81. The summed E-state index contributed by atoms with van der Waals surface area (Å²) >= 11 is 1.84. The van der Waals surface area contributed by atoms with Crippen molar-refractivity contribution < 1.29 is 0 Å². The highest BCUT2D eigenvalue weighted by Gasteiger charge is 2.22. The van der Waals surface area contributed by atoms with Gasteiger partial charge >= 0.3 is 0 Å². The molecule has 0 amide bonds. The van der Waals surface area contributed by atoms with Crippen molar-refractivity contribution in [2.75, 3.05) is 6.54 Å². The molecule has 12 heavy (non-hydrogen) atoms. The third-order valence-corrected chi connectivity index (χ3v) is 3.51. The number of nitrogens with zero attached hydrogens (tertiary/aromatic N) is 1. The van der Waals surface area contributed by atoms with E-state index in [0.29, 0.717) is 5.92 Å². The molecule has 1 heterocycles. The molecule has 66 valence electrons. The van der Waals surface area contributed by atoms with E-state index in [0.717, 1.165) is 6.54 Å². The maximum Gasteiger partial charge on any atom is 0.0900 e. The highest BCUT2D eigenvalue weighted by molar-refractivity contribution is 7.11. The van der Waals surface area contributed by atoms with Crippen LogP contribution in [0.2, 0.25) is 0 Å². The molecule has 1 aromatic rings. The number of rotatable bonds is 1. The van der Waals surface area contributed by atoms with E-state index >= 15 is 0 Å². The van der Waals surface area contributed by atoms with Crippen molar-refractivity contribution in [1.29, 1.82) is 0 Å². The van der Waals surface area contributed by atoms with Crippen LogP contribution in [0.1, 0.15) is 34.3 Å². The largest absolute Gasteiger partial charge is 0.330 e. The zero-order chi connectivity index (χ0) is 8.55. The van der Waals surface area contributed by atoms with Crippen LogP contribution in [0.5, 0.6) is 0 Å². The first kappa shape index (κ1) is 8.20. The van der Waals surface area contributed by atoms with Gasteiger partial charge in [0.1, 0.15) is 0 Å². The first-order valence-corrected chi connectivity index (χ1v) is 5.29. The minimum Gasteiger partial charge on any atom is -0.330 e. The number of aromatic nitrogens is 1. The number of hydrogen-bond donors (Lipinski definition) is 1. The van der Waals surface area contributed by atoms with Crippen LogP contribution in [0.3, 0.4) is 0 Å². The maximum atomic E-state index is 5.69. The molecular weight excluding hydrogens is 168 g/mol. The van der Waals surface area contributed by atoms with E-state index in [1.54, 1.807) is 0 Å². The molecule has 0 aliphatic heterocycles. The maximum absolute atomic E-state index is 5.69. The molecule has 0 unspecified atom stereocenters. The van der Waals surface area contributed by atoms with E-state index < -0.39 is 0 Å². The third-order valence-electron chi connectivity index (χ3n) is 2.46. The molecule has 0 bridgehead atoms. The van der Waals surface area contributed by atoms with Crippen molar-refractivity contribution in [2.24, 2.45) is 5.73 Å². The summed E-state index contributed by atoms with van der Waals surface area (Å²) in [5, 5.41) is 1.19. The van der Waals surface area contributed by atoms with Crippen LogP contribution in [0.25, 0.3) is 0 Å². The lowest BCUT2D eigenvalue weighted by Crippen LogP contribution is -2.17. The van der Waals surface area contributed by atoms with Crippen LogP contribution < -0.4 is 5.73 Å². The molecule has 1 atom stereocenters. The lowest BCUT2D eigenvalue weighted by molar-refractivity contribution is 0.553. The van der Waals surface area contributed by atoms with E-state index in [9.17, 15) is 0 Å². The highest BCUT2D eigenvalue weighted by atomic mass is 32.1. The molecule has 0 saturated carbocycles. The number of thiazole rings is 1. The van der Waals surface area contributed by atoms with Gasteiger partial charge in [-0.2, -0.15) is 0 Å². The Bertz CT molecular complexity index is 280. The Hall–Kier alpha value is -0.410.